The average molecular weight is 350 g/mol. The Bertz CT molecular complexity index is 687. The van der Waals surface area contributed by atoms with Crippen LogP contribution in [0, 0.1) is 5.82 Å². The molecule has 0 aliphatic carbocycles. The van der Waals surface area contributed by atoms with E-state index in [0.29, 0.717) is 10.8 Å². The second-order valence-corrected chi connectivity index (χ2v) is 6.16. The zero-order chi connectivity index (χ0) is 16.2. The second-order valence-electron chi connectivity index (χ2n) is 5.37. The summed E-state index contributed by atoms with van der Waals surface area (Å²) in [6.45, 7) is 3.47. The van der Waals surface area contributed by atoms with Gasteiger partial charge >= 0.3 is 0 Å². The summed E-state index contributed by atoms with van der Waals surface area (Å²) < 4.78 is 13.5. The maximum absolute atomic E-state index is 13.5. The number of benzene rings is 2. The molecule has 1 heterocycles. The second kappa shape index (κ2) is 7.15. The highest BCUT2D eigenvalue weighted by molar-refractivity contribution is 7.80. The molecule has 1 saturated heterocycles. The summed E-state index contributed by atoms with van der Waals surface area (Å²) >= 11 is 11.1. The van der Waals surface area contributed by atoms with E-state index in [2.05, 4.69) is 27.2 Å². The van der Waals surface area contributed by atoms with Gasteiger partial charge in [-0.2, -0.15) is 0 Å². The molecule has 0 atom stereocenters. The van der Waals surface area contributed by atoms with Crippen molar-refractivity contribution >= 4 is 40.3 Å². The molecule has 2 aromatic rings. The summed E-state index contributed by atoms with van der Waals surface area (Å²) in [6, 6.07) is 14.9. The molecular weight excluding hydrogens is 333 g/mol. The van der Waals surface area contributed by atoms with Gasteiger partial charge in [0.15, 0.2) is 5.11 Å². The van der Waals surface area contributed by atoms with Gasteiger partial charge in [-0.1, -0.05) is 29.8 Å². The van der Waals surface area contributed by atoms with E-state index in [9.17, 15) is 4.39 Å². The topological polar surface area (TPSA) is 18.5 Å². The van der Waals surface area contributed by atoms with E-state index in [1.807, 2.05) is 18.2 Å². The fraction of sp³-hybridized carbons (Fsp3) is 0.235. The molecule has 0 aromatic heterocycles. The highest BCUT2D eigenvalue weighted by atomic mass is 35.5. The Morgan fingerprint density at radius 1 is 1.04 bits per heavy atom. The first kappa shape index (κ1) is 16.0. The van der Waals surface area contributed by atoms with Crippen LogP contribution in [-0.4, -0.2) is 36.2 Å². The number of rotatable bonds is 2. The van der Waals surface area contributed by atoms with Crippen LogP contribution in [0.2, 0.25) is 5.02 Å². The highest BCUT2D eigenvalue weighted by Gasteiger charge is 2.19. The molecule has 120 valence electrons. The number of nitrogens with zero attached hydrogens (tertiary/aromatic N) is 2. The first-order valence-electron chi connectivity index (χ1n) is 7.44. The van der Waals surface area contributed by atoms with E-state index in [0.717, 1.165) is 26.2 Å². The number of thiocarbonyl (C=S) groups is 1. The lowest BCUT2D eigenvalue weighted by Crippen LogP contribution is -2.50. The summed E-state index contributed by atoms with van der Waals surface area (Å²) in [6.07, 6.45) is 0. The fourth-order valence-corrected chi connectivity index (χ4v) is 3.00. The van der Waals surface area contributed by atoms with Gasteiger partial charge in [0.25, 0.3) is 0 Å². The molecule has 0 spiro atoms. The van der Waals surface area contributed by atoms with E-state index < -0.39 is 5.82 Å². The maximum Gasteiger partial charge on any atom is 0.173 e. The SMILES string of the molecule is Fc1cc(NC(=S)N2CCN(c3ccccc3)CC2)ccc1Cl. The van der Waals surface area contributed by atoms with Crippen molar-refractivity contribution in [2.75, 3.05) is 36.4 Å². The van der Waals surface area contributed by atoms with Crippen molar-refractivity contribution in [2.24, 2.45) is 0 Å². The molecule has 0 bridgehead atoms. The van der Waals surface area contributed by atoms with Gasteiger partial charge in [-0.15, -0.1) is 0 Å². The third kappa shape index (κ3) is 3.92. The minimum atomic E-state index is -0.451. The number of piperazine rings is 1. The van der Waals surface area contributed by atoms with Crippen molar-refractivity contribution in [2.45, 2.75) is 0 Å². The summed E-state index contributed by atoms with van der Waals surface area (Å²) in [5, 5.41) is 3.79. The van der Waals surface area contributed by atoms with Crippen molar-refractivity contribution < 1.29 is 4.39 Å². The minimum absolute atomic E-state index is 0.109. The van der Waals surface area contributed by atoms with E-state index in [4.69, 9.17) is 23.8 Å². The molecular formula is C17H17ClFN3S. The molecule has 1 fully saturated rings. The number of hydrogen-bond donors (Lipinski definition) is 1. The Kier molecular flexibility index (Phi) is 4.98. The fourth-order valence-electron chi connectivity index (χ4n) is 2.58. The standard InChI is InChI=1S/C17H17ClFN3S/c18-15-7-6-13(12-16(15)19)20-17(23)22-10-8-21(9-11-22)14-4-2-1-3-5-14/h1-7,12H,8-11H2,(H,20,23). The molecule has 1 N–H and O–H groups in total. The summed E-state index contributed by atoms with van der Waals surface area (Å²) in [7, 11) is 0. The van der Waals surface area contributed by atoms with Crippen LogP contribution in [0.5, 0.6) is 0 Å². The molecule has 3 rings (SSSR count). The van der Waals surface area contributed by atoms with Gasteiger partial charge in [0.1, 0.15) is 5.82 Å². The quantitative estimate of drug-likeness (QED) is 0.826. The van der Waals surface area contributed by atoms with Gasteiger partial charge in [0.05, 0.1) is 5.02 Å². The lowest BCUT2D eigenvalue weighted by Gasteiger charge is -2.37. The molecule has 2 aromatic carbocycles. The summed E-state index contributed by atoms with van der Waals surface area (Å²) in [4.78, 5) is 4.43. The van der Waals surface area contributed by atoms with Gasteiger partial charge in [0.2, 0.25) is 0 Å². The lowest BCUT2D eigenvalue weighted by atomic mass is 10.2. The number of halogens is 2. The lowest BCUT2D eigenvalue weighted by molar-refractivity contribution is 0.391. The molecule has 0 saturated carbocycles. The Balaban J connectivity index is 1.57. The van der Waals surface area contributed by atoms with Crippen LogP contribution in [0.1, 0.15) is 0 Å². The van der Waals surface area contributed by atoms with Crippen LogP contribution in [0.4, 0.5) is 15.8 Å². The Labute approximate surface area is 145 Å². The van der Waals surface area contributed by atoms with Gasteiger partial charge in [-0.25, -0.2) is 4.39 Å². The first-order valence-corrected chi connectivity index (χ1v) is 8.23. The maximum atomic E-state index is 13.5. The minimum Gasteiger partial charge on any atom is -0.368 e. The van der Waals surface area contributed by atoms with E-state index >= 15 is 0 Å². The highest BCUT2D eigenvalue weighted by Crippen LogP contribution is 2.20. The summed E-state index contributed by atoms with van der Waals surface area (Å²) in [5.41, 5.74) is 1.84. The predicted molar refractivity (Wildman–Crippen MR) is 97.9 cm³/mol. The third-order valence-corrected chi connectivity index (χ3v) is 4.53. The van der Waals surface area contributed by atoms with Crippen molar-refractivity contribution in [3.8, 4) is 0 Å². The van der Waals surface area contributed by atoms with Gasteiger partial charge in [0, 0.05) is 37.6 Å². The van der Waals surface area contributed by atoms with Crippen molar-refractivity contribution in [1.82, 2.24) is 4.90 Å². The first-order chi connectivity index (χ1) is 11.1. The van der Waals surface area contributed by atoms with Crippen LogP contribution in [0.15, 0.2) is 48.5 Å². The molecule has 23 heavy (non-hydrogen) atoms. The number of anilines is 2. The predicted octanol–water partition coefficient (Wildman–Crippen LogP) is 4.00. The van der Waals surface area contributed by atoms with Crippen LogP contribution in [-0.2, 0) is 0 Å². The zero-order valence-electron chi connectivity index (χ0n) is 12.5. The van der Waals surface area contributed by atoms with Crippen LogP contribution >= 0.6 is 23.8 Å². The van der Waals surface area contributed by atoms with Crippen LogP contribution < -0.4 is 10.2 Å². The largest absolute Gasteiger partial charge is 0.368 e. The third-order valence-electron chi connectivity index (χ3n) is 3.86. The molecule has 0 unspecified atom stereocenters. The van der Waals surface area contributed by atoms with Crippen LogP contribution in [0.25, 0.3) is 0 Å². The number of nitrogens with one attached hydrogen (secondary N) is 1. The van der Waals surface area contributed by atoms with E-state index in [1.165, 1.54) is 17.8 Å². The van der Waals surface area contributed by atoms with Crippen molar-refractivity contribution in [3.05, 3.63) is 59.4 Å². The Hall–Kier alpha value is -1.85. The van der Waals surface area contributed by atoms with Crippen molar-refractivity contribution in [1.29, 1.82) is 0 Å². The Morgan fingerprint density at radius 2 is 1.74 bits per heavy atom. The Morgan fingerprint density at radius 3 is 2.39 bits per heavy atom. The number of hydrogen-bond acceptors (Lipinski definition) is 2. The van der Waals surface area contributed by atoms with Gasteiger partial charge < -0.3 is 15.1 Å². The van der Waals surface area contributed by atoms with E-state index in [-0.39, 0.29) is 5.02 Å². The van der Waals surface area contributed by atoms with Gasteiger partial charge in [-0.05, 0) is 42.5 Å². The van der Waals surface area contributed by atoms with E-state index in [1.54, 1.807) is 6.07 Å². The zero-order valence-corrected chi connectivity index (χ0v) is 14.1. The molecule has 0 amide bonds. The van der Waals surface area contributed by atoms with Crippen LogP contribution in [0.3, 0.4) is 0 Å². The molecule has 1 aliphatic heterocycles. The molecule has 0 radical (unpaired) electrons. The van der Waals surface area contributed by atoms with Gasteiger partial charge in [-0.3, -0.25) is 0 Å². The number of para-hydroxylation sites is 1. The normalized spacial score (nSPS) is 14.7. The smallest absolute Gasteiger partial charge is 0.173 e. The monoisotopic (exact) mass is 349 g/mol. The summed E-state index contributed by atoms with van der Waals surface area (Å²) in [5.74, 6) is -0.451. The average Bonchev–Trinajstić information content (AvgIpc) is 2.59. The molecule has 6 heteroatoms. The van der Waals surface area contributed by atoms with Crippen molar-refractivity contribution in [3.63, 3.8) is 0 Å². The molecule has 1 aliphatic rings. The molecule has 3 nitrogen and oxygen atoms in total.